The predicted molar refractivity (Wildman–Crippen MR) is 70.4 cm³/mol. The van der Waals surface area contributed by atoms with Gasteiger partial charge in [-0.2, -0.15) is 0 Å². The molecular weight excluding hydrogens is 359 g/mol. The van der Waals surface area contributed by atoms with E-state index in [1.165, 1.54) is 13.2 Å². The molecular formula is C12H13BrF3NO4. The van der Waals surface area contributed by atoms with E-state index < -0.39 is 18.2 Å². The summed E-state index contributed by atoms with van der Waals surface area (Å²) in [7, 11) is 1.20. The minimum Gasteiger partial charge on any atom is -0.491 e. The fourth-order valence-corrected chi connectivity index (χ4v) is 1.98. The molecule has 0 amide bonds. The van der Waals surface area contributed by atoms with E-state index in [1.807, 2.05) is 0 Å². The van der Waals surface area contributed by atoms with E-state index in [0.717, 1.165) is 0 Å². The molecule has 0 spiro atoms. The molecule has 0 saturated carbocycles. The van der Waals surface area contributed by atoms with Gasteiger partial charge in [-0.1, -0.05) is 15.9 Å². The van der Waals surface area contributed by atoms with Gasteiger partial charge in [0.2, 0.25) is 0 Å². The van der Waals surface area contributed by atoms with Gasteiger partial charge in [-0.3, -0.25) is 4.79 Å². The largest absolute Gasteiger partial charge is 0.574 e. The number of ether oxygens (including phenoxy) is 3. The first-order valence-electron chi connectivity index (χ1n) is 5.84. The molecule has 0 bridgehead atoms. The molecule has 118 valence electrons. The van der Waals surface area contributed by atoms with Crippen LogP contribution >= 0.6 is 15.9 Å². The van der Waals surface area contributed by atoms with Crippen molar-refractivity contribution in [3.05, 3.63) is 17.3 Å². The zero-order valence-corrected chi connectivity index (χ0v) is 12.9. The molecule has 0 unspecified atom stereocenters. The Bertz CT molecular complexity index is 508. The van der Waals surface area contributed by atoms with Crippen molar-refractivity contribution >= 4 is 21.9 Å². The summed E-state index contributed by atoms with van der Waals surface area (Å²) in [6, 6.07) is 1.33. The number of rotatable bonds is 6. The molecule has 5 nitrogen and oxygen atoms in total. The van der Waals surface area contributed by atoms with E-state index in [0.29, 0.717) is 5.56 Å². The summed E-state index contributed by atoms with van der Waals surface area (Å²) in [5, 5.41) is 0.289. The summed E-state index contributed by atoms with van der Waals surface area (Å²) in [5.41, 5.74) is 0.639. The molecule has 9 heteroatoms. The number of carbonyl (C=O) groups is 1. The first-order valence-corrected chi connectivity index (χ1v) is 6.97. The van der Waals surface area contributed by atoms with Crippen LogP contribution in [0.3, 0.4) is 0 Å². The van der Waals surface area contributed by atoms with Crippen LogP contribution in [0, 0.1) is 0 Å². The Kier molecular flexibility index (Phi) is 6.25. The minimum absolute atomic E-state index is 0.130. The second-order valence-electron chi connectivity index (χ2n) is 3.76. The molecule has 0 aliphatic rings. The second kappa shape index (κ2) is 7.48. The third kappa shape index (κ3) is 5.41. The van der Waals surface area contributed by atoms with Gasteiger partial charge in [-0.05, 0) is 18.6 Å². The molecule has 0 aliphatic carbocycles. The fraction of sp³-hybridized carbons (Fsp3) is 0.500. The first kappa shape index (κ1) is 17.5. The van der Waals surface area contributed by atoms with Crippen LogP contribution < -0.4 is 9.47 Å². The summed E-state index contributed by atoms with van der Waals surface area (Å²) in [4.78, 5) is 15.2. The van der Waals surface area contributed by atoms with Crippen molar-refractivity contribution in [2.75, 3.05) is 13.7 Å². The van der Waals surface area contributed by atoms with Crippen molar-refractivity contribution in [3.63, 3.8) is 0 Å². The SMILES string of the molecule is CCOC(=O)Cc1nc(OC(F)(F)F)c(OC)cc1CBr. The molecule has 1 aromatic heterocycles. The third-order valence-corrected chi connectivity index (χ3v) is 2.92. The van der Waals surface area contributed by atoms with E-state index >= 15 is 0 Å². The zero-order valence-electron chi connectivity index (χ0n) is 11.3. The van der Waals surface area contributed by atoms with Gasteiger partial charge in [0.05, 0.1) is 25.8 Å². The molecule has 21 heavy (non-hydrogen) atoms. The van der Waals surface area contributed by atoms with Gasteiger partial charge in [0.15, 0.2) is 5.75 Å². The van der Waals surface area contributed by atoms with Crippen molar-refractivity contribution in [2.24, 2.45) is 0 Å². The van der Waals surface area contributed by atoms with Crippen molar-refractivity contribution in [3.8, 4) is 11.6 Å². The van der Waals surface area contributed by atoms with E-state index in [2.05, 4.69) is 25.7 Å². The lowest BCUT2D eigenvalue weighted by Gasteiger charge is -2.15. The van der Waals surface area contributed by atoms with E-state index in [-0.39, 0.29) is 29.8 Å². The fourth-order valence-electron chi connectivity index (χ4n) is 1.50. The number of carbonyl (C=O) groups excluding carboxylic acids is 1. The number of nitrogens with zero attached hydrogens (tertiary/aromatic N) is 1. The Morgan fingerprint density at radius 1 is 1.43 bits per heavy atom. The Labute approximate surface area is 127 Å². The monoisotopic (exact) mass is 371 g/mol. The summed E-state index contributed by atoms with van der Waals surface area (Å²) in [6.45, 7) is 1.80. The average Bonchev–Trinajstić information content (AvgIpc) is 2.37. The molecule has 1 rings (SSSR count). The summed E-state index contributed by atoms with van der Waals surface area (Å²) >= 11 is 3.18. The summed E-state index contributed by atoms with van der Waals surface area (Å²) < 4.78 is 50.4. The quantitative estimate of drug-likeness (QED) is 0.568. The third-order valence-electron chi connectivity index (χ3n) is 2.32. The highest BCUT2D eigenvalue weighted by Gasteiger charge is 2.34. The van der Waals surface area contributed by atoms with Gasteiger partial charge >= 0.3 is 12.3 Å². The average molecular weight is 372 g/mol. The van der Waals surface area contributed by atoms with Crippen molar-refractivity contribution in [1.29, 1.82) is 0 Å². The Balaban J connectivity index is 3.16. The van der Waals surface area contributed by atoms with Crippen LogP contribution in [0.4, 0.5) is 13.2 Å². The van der Waals surface area contributed by atoms with Crippen LogP contribution in [-0.4, -0.2) is 31.0 Å². The highest BCUT2D eigenvalue weighted by molar-refractivity contribution is 9.08. The number of halogens is 4. The molecule has 0 atom stereocenters. The molecule has 0 aliphatic heterocycles. The van der Waals surface area contributed by atoms with Crippen LogP contribution in [0.2, 0.25) is 0 Å². The van der Waals surface area contributed by atoms with Crippen LogP contribution in [0.5, 0.6) is 11.6 Å². The highest BCUT2D eigenvalue weighted by atomic mass is 79.9. The Morgan fingerprint density at radius 3 is 2.57 bits per heavy atom. The van der Waals surface area contributed by atoms with Gasteiger partial charge in [-0.25, -0.2) is 4.98 Å². The number of hydrogen-bond donors (Lipinski definition) is 0. The molecule has 0 N–H and O–H groups in total. The Hall–Kier alpha value is -1.51. The van der Waals surface area contributed by atoms with E-state index in [9.17, 15) is 18.0 Å². The zero-order chi connectivity index (χ0) is 16.0. The molecule has 0 radical (unpaired) electrons. The van der Waals surface area contributed by atoms with Gasteiger partial charge in [0.25, 0.3) is 5.88 Å². The van der Waals surface area contributed by atoms with Crippen LogP contribution in [0.1, 0.15) is 18.2 Å². The maximum Gasteiger partial charge on any atom is 0.574 e. The second-order valence-corrected chi connectivity index (χ2v) is 4.33. The van der Waals surface area contributed by atoms with Gasteiger partial charge in [0.1, 0.15) is 0 Å². The predicted octanol–water partition coefficient (Wildman–Crippen LogP) is 2.99. The summed E-state index contributed by atoms with van der Waals surface area (Å²) in [5.74, 6) is -1.50. The van der Waals surface area contributed by atoms with Crippen LogP contribution in [0.25, 0.3) is 0 Å². The maximum absolute atomic E-state index is 12.3. The standard InChI is InChI=1S/C12H13BrF3NO4/c1-3-20-10(18)5-8-7(6-13)4-9(19-2)11(17-8)21-12(14,15)16/h4H,3,5-6H2,1-2H3. The van der Waals surface area contributed by atoms with Crippen LogP contribution in [0.15, 0.2) is 6.07 Å². The number of alkyl halides is 4. The van der Waals surface area contributed by atoms with Gasteiger partial charge < -0.3 is 14.2 Å². The van der Waals surface area contributed by atoms with Crippen molar-refractivity contribution in [2.45, 2.75) is 25.0 Å². The Morgan fingerprint density at radius 2 is 2.10 bits per heavy atom. The number of pyridine rings is 1. The molecule has 0 saturated heterocycles. The minimum atomic E-state index is -4.91. The molecule has 1 aromatic rings. The number of hydrogen-bond acceptors (Lipinski definition) is 5. The maximum atomic E-state index is 12.3. The smallest absolute Gasteiger partial charge is 0.491 e. The lowest BCUT2D eigenvalue weighted by molar-refractivity contribution is -0.276. The highest BCUT2D eigenvalue weighted by Crippen LogP contribution is 2.32. The van der Waals surface area contributed by atoms with E-state index in [1.54, 1.807) is 6.92 Å². The van der Waals surface area contributed by atoms with Crippen molar-refractivity contribution < 1.29 is 32.2 Å². The van der Waals surface area contributed by atoms with Crippen LogP contribution in [-0.2, 0) is 21.3 Å². The molecule has 0 aromatic carbocycles. The lowest BCUT2D eigenvalue weighted by Crippen LogP contribution is -2.20. The number of esters is 1. The van der Waals surface area contributed by atoms with Gasteiger partial charge in [-0.15, -0.1) is 13.2 Å². The lowest BCUT2D eigenvalue weighted by atomic mass is 10.1. The molecule has 0 fully saturated rings. The van der Waals surface area contributed by atoms with Gasteiger partial charge in [0, 0.05) is 5.33 Å². The normalized spacial score (nSPS) is 11.1. The van der Waals surface area contributed by atoms with E-state index in [4.69, 9.17) is 9.47 Å². The first-order chi connectivity index (χ1) is 9.80. The molecule has 1 heterocycles. The van der Waals surface area contributed by atoms with Crippen molar-refractivity contribution in [1.82, 2.24) is 4.98 Å². The number of methoxy groups -OCH3 is 1. The topological polar surface area (TPSA) is 57.7 Å². The summed E-state index contributed by atoms with van der Waals surface area (Å²) in [6.07, 6.45) is -5.16. The number of aromatic nitrogens is 1.